The van der Waals surface area contributed by atoms with Crippen molar-refractivity contribution < 1.29 is 18.9 Å². The van der Waals surface area contributed by atoms with E-state index in [0.29, 0.717) is 18.8 Å². The molecular formula is C24H28N4O4. The molecular weight excluding hydrogens is 408 g/mol. The molecule has 2 heterocycles. The number of nitrogens with two attached hydrogens (primary N) is 1. The van der Waals surface area contributed by atoms with Gasteiger partial charge in [0.2, 0.25) is 5.91 Å². The Morgan fingerprint density at radius 1 is 1.12 bits per heavy atom. The first-order valence-electron chi connectivity index (χ1n) is 10.8. The van der Waals surface area contributed by atoms with Crippen molar-refractivity contribution in [1.29, 1.82) is 0 Å². The quantitative estimate of drug-likeness (QED) is 0.603. The van der Waals surface area contributed by atoms with Crippen LogP contribution in [0.4, 0.5) is 5.82 Å². The van der Waals surface area contributed by atoms with Crippen LogP contribution in [-0.4, -0.2) is 47.4 Å². The van der Waals surface area contributed by atoms with E-state index < -0.39 is 0 Å². The van der Waals surface area contributed by atoms with Crippen molar-refractivity contribution in [2.24, 2.45) is 0 Å². The van der Waals surface area contributed by atoms with Crippen LogP contribution in [0.25, 0.3) is 11.1 Å². The molecule has 4 rings (SSSR count). The molecule has 168 valence electrons. The molecule has 3 aromatic rings. The normalized spacial score (nSPS) is 18.3. The summed E-state index contributed by atoms with van der Waals surface area (Å²) in [4.78, 5) is 14.8. The number of anilines is 1. The molecule has 2 N–H and O–H groups in total. The fraction of sp³-hybridized carbons (Fsp3) is 0.375. The van der Waals surface area contributed by atoms with E-state index in [2.05, 4.69) is 39.2 Å². The lowest BCUT2D eigenvalue weighted by molar-refractivity contribution is -0.136. The van der Waals surface area contributed by atoms with Crippen molar-refractivity contribution in [3.05, 3.63) is 59.8 Å². The van der Waals surface area contributed by atoms with E-state index >= 15 is 0 Å². The number of carbonyl (C=O) groups is 1. The van der Waals surface area contributed by atoms with Gasteiger partial charge in [0.15, 0.2) is 5.82 Å². The van der Waals surface area contributed by atoms with Crippen LogP contribution in [0.15, 0.2) is 53.2 Å². The smallest absolute Gasteiger partial charge is 0.229 e. The van der Waals surface area contributed by atoms with Crippen LogP contribution in [0, 0.1) is 0 Å². The molecule has 1 amide bonds. The molecule has 0 unspecified atom stereocenters. The summed E-state index contributed by atoms with van der Waals surface area (Å²) in [6.45, 7) is 3.20. The number of nitrogens with zero attached hydrogens (tertiary/aromatic N) is 3. The number of hydrogen-bond acceptors (Lipinski definition) is 7. The van der Waals surface area contributed by atoms with Gasteiger partial charge in [0, 0.05) is 19.2 Å². The van der Waals surface area contributed by atoms with E-state index in [9.17, 15) is 4.79 Å². The predicted octanol–water partition coefficient (Wildman–Crippen LogP) is 3.64. The summed E-state index contributed by atoms with van der Waals surface area (Å²) < 4.78 is 15.9. The van der Waals surface area contributed by atoms with Gasteiger partial charge in [0.25, 0.3) is 0 Å². The van der Waals surface area contributed by atoms with Gasteiger partial charge >= 0.3 is 0 Å². The lowest BCUT2D eigenvalue weighted by Crippen LogP contribution is -2.44. The number of hydrogen-bond donors (Lipinski definition) is 1. The van der Waals surface area contributed by atoms with Gasteiger partial charge in [-0.3, -0.25) is 4.79 Å². The van der Waals surface area contributed by atoms with Gasteiger partial charge in [0.1, 0.15) is 11.4 Å². The van der Waals surface area contributed by atoms with Crippen LogP contribution in [0.5, 0.6) is 5.75 Å². The van der Waals surface area contributed by atoms with E-state index in [0.717, 1.165) is 35.3 Å². The lowest BCUT2D eigenvalue weighted by Gasteiger charge is -2.37. The fourth-order valence-electron chi connectivity index (χ4n) is 4.19. The monoisotopic (exact) mass is 436 g/mol. The van der Waals surface area contributed by atoms with Gasteiger partial charge < -0.3 is 20.1 Å². The Hall–Kier alpha value is -3.39. The van der Waals surface area contributed by atoms with E-state index in [-0.39, 0.29) is 30.3 Å². The van der Waals surface area contributed by atoms with Crippen molar-refractivity contribution in [3.63, 3.8) is 0 Å². The van der Waals surface area contributed by atoms with Crippen LogP contribution >= 0.6 is 0 Å². The van der Waals surface area contributed by atoms with E-state index in [1.165, 1.54) is 0 Å². The maximum atomic E-state index is 12.9. The average molecular weight is 437 g/mol. The number of ether oxygens (including phenoxy) is 2. The molecule has 0 bridgehead atoms. The summed E-state index contributed by atoms with van der Waals surface area (Å²) in [6.07, 6.45) is 1.57. The molecule has 8 heteroatoms. The van der Waals surface area contributed by atoms with Gasteiger partial charge in [-0.1, -0.05) is 41.6 Å². The Morgan fingerprint density at radius 3 is 2.41 bits per heavy atom. The standard InChI is InChI=1S/C24H28N4O4/c1-3-28(23(29)15-21-24(25)27-32-26-21)19-12-13-31-22(14-19)18-6-4-16(5-7-18)17-8-10-20(30-2)11-9-17/h4-11,19,22H,3,12-15H2,1-2H3,(H2,25,27)/t19-,22+/m0/s1. The molecule has 1 aliphatic heterocycles. The van der Waals surface area contributed by atoms with Crippen molar-refractivity contribution in [1.82, 2.24) is 15.2 Å². The molecule has 0 saturated carbocycles. The summed E-state index contributed by atoms with van der Waals surface area (Å²) in [5, 5.41) is 7.28. The molecule has 2 aromatic carbocycles. The second-order valence-electron chi connectivity index (χ2n) is 7.84. The lowest BCUT2D eigenvalue weighted by atomic mass is 9.94. The van der Waals surface area contributed by atoms with Crippen LogP contribution in [0.2, 0.25) is 0 Å². The first-order chi connectivity index (χ1) is 15.6. The molecule has 0 aliphatic carbocycles. The number of likely N-dealkylation sites (N-methyl/N-ethyl adjacent to an activating group) is 1. The fourth-order valence-corrected chi connectivity index (χ4v) is 4.19. The largest absolute Gasteiger partial charge is 0.497 e. The third-order valence-electron chi connectivity index (χ3n) is 5.97. The van der Waals surface area contributed by atoms with Gasteiger partial charge in [-0.15, -0.1) is 0 Å². The van der Waals surface area contributed by atoms with Gasteiger partial charge in [-0.25, -0.2) is 4.63 Å². The van der Waals surface area contributed by atoms with Crippen molar-refractivity contribution in [2.45, 2.75) is 38.3 Å². The Balaban J connectivity index is 1.43. The van der Waals surface area contributed by atoms with E-state index in [1.807, 2.05) is 36.1 Å². The van der Waals surface area contributed by atoms with Crippen LogP contribution < -0.4 is 10.5 Å². The Morgan fingerprint density at radius 2 is 1.81 bits per heavy atom. The number of rotatable bonds is 7. The first-order valence-corrected chi connectivity index (χ1v) is 10.8. The third-order valence-corrected chi connectivity index (χ3v) is 5.97. The van der Waals surface area contributed by atoms with Crippen molar-refractivity contribution in [2.75, 3.05) is 26.0 Å². The zero-order valence-electron chi connectivity index (χ0n) is 18.4. The number of carbonyl (C=O) groups excluding carboxylic acids is 1. The van der Waals surface area contributed by atoms with E-state index in [1.54, 1.807) is 7.11 Å². The Labute approximate surface area is 187 Å². The molecule has 32 heavy (non-hydrogen) atoms. The molecule has 1 fully saturated rings. The highest BCUT2D eigenvalue weighted by Crippen LogP contribution is 2.32. The first kappa shape index (κ1) is 21.8. The Bertz CT molecular complexity index is 1030. The van der Waals surface area contributed by atoms with Crippen molar-refractivity contribution in [3.8, 4) is 16.9 Å². The second kappa shape index (κ2) is 9.82. The van der Waals surface area contributed by atoms with Crippen molar-refractivity contribution >= 4 is 11.7 Å². The van der Waals surface area contributed by atoms with Crippen LogP contribution in [-0.2, 0) is 16.0 Å². The topological polar surface area (TPSA) is 104 Å². The highest BCUT2D eigenvalue weighted by molar-refractivity contribution is 5.79. The SMILES string of the molecule is CCN(C(=O)Cc1nonc1N)[C@H]1CCO[C@@H](c2ccc(-c3ccc(OC)cc3)cc2)C1. The molecule has 8 nitrogen and oxygen atoms in total. The number of aromatic nitrogens is 2. The second-order valence-corrected chi connectivity index (χ2v) is 7.84. The number of nitrogen functional groups attached to an aromatic ring is 1. The highest BCUT2D eigenvalue weighted by atomic mass is 16.6. The number of methoxy groups -OCH3 is 1. The van der Waals surface area contributed by atoms with Gasteiger partial charge in [-0.2, -0.15) is 0 Å². The number of benzene rings is 2. The van der Waals surface area contributed by atoms with Gasteiger partial charge in [0.05, 0.1) is 19.6 Å². The molecule has 1 aliphatic rings. The minimum Gasteiger partial charge on any atom is -0.497 e. The average Bonchev–Trinajstić information content (AvgIpc) is 3.24. The molecule has 0 spiro atoms. The summed E-state index contributed by atoms with van der Waals surface area (Å²) >= 11 is 0. The summed E-state index contributed by atoms with van der Waals surface area (Å²) in [6, 6.07) is 16.5. The zero-order chi connectivity index (χ0) is 22.5. The maximum absolute atomic E-state index is 12.9. The van der Waals surface area contributed by atoms with Gasteiger partial charge in [-0.05, 0) is 53.7 Å². The summed E-state index contributed by atoms with van der Waals surface area (Å²) in [5.74, 6) is 0.969. The summed E-state index contributed by atoms with van der Waals surface area (Å²) in [7, 11) is 1.66. The van der Waals surface area contributed by atoms with Crippen LogP contribution in [0.3, 0.4) is 0 Å². The highest BCUT2D eigenvalue weighted by Gasteiger charge is 2.31. The molecule has 0 radical (unpaired) electrons. The maximum Gasteiger partial charge on any atom is 0.229 e. The zero-order valence-corrected chi connectivity index (χ0v) is 18.4. The molecule has 1 aromatic heterocycles. The number of amides is 1. The van der Waals surface area contributed by atoms with Crippen LogP contribution in [0.1, 0.15) is 37.1 Å². The predicted molar refractivity (Wildman–Crippen MR) is 120 cm³/mol. The molecule has 1 saturated heterocycles. The minimum atomic E-state index is -0.0562. The Kier molecular flexibility index (Phi) is 6.70. The summed E-state index contributed by atoms with van der Waals surface area (Å²) in [5.41, 5.74) is 9.46. The minimum absolute atomic E-state index is 0.0320. The third kappa shape index (κ3) is 4.75. The molecule has 2 atom stereocenters. The van der Waals surface area contributed by atoms with E-state index in [4.69, 9.17) is 15.2 Å².